The van der Waals surface area contributed by atoms with E-state index in [0.29, 0.717) is 6.42 Å². The van der Waals surface area contributed by atoms with Gasteiger partial charge in [0.05, 0.1) is 10.6 Å². The van der Waals surface area contributed by atoms with Gasteiger partial charge in [-0.1, -0.05) is 84.9 Å². The molecule has 0 atom stereocenters. The summed E-state index contributed by atoms with van der Waals surface area (Å²) in [6.45, 7) is 0. The average molecular weight is 415 g/mol. The number of benzene rings is 3. The van der Waals surface area contributed by atoms with E-state index in [2.05, 4.69) is 52.4 Å². The van der Waals surface area contributed by atoms with Crippen molar-refractivity contribution in [1.82, 2.24) is 4.83 Å². The Balaban J connectivity index is 1.56. The molecule has 1 aliphatic carbocycles. The van der Waals surface area contributed by atoms with Gasteiger partial charge in [0.25, 0.3) is 10.0 Å². The van der Waals surface area contributed by atoms with Crippen molar-refractivity contribution in [1.29, 1.82) is 0 Å². The maximum atomic E-state index is 12.5. The number of rotatable bonds is 5. The van der Waals surface area contributed by atoms with E-state index in [9.17, 15) is 8.42 Å². The average Bonchev–Trinajstić information content (AvgIpc) is 2.80. The van der Waals surface area contributed by atoms with Gasteiger partial charge in [0.2, 0.25) is 0 Å². The summed E-state index contributed by atoms with van der Waals surface area (Å²) in [5.41, 5.74) is 5.00. The molecule has 0 fully saturated rings. The van der Waals surface area contributed by atoms with Crippen LogP contribution in [0.3, 0.4) is 0 Å². The molecule has 0 heterocycles. The molecule has 0 aliphatic heterocycles. The van der Waals surface area contributed by atoms with Gasteiger partial charge in [0, 0.05) is 0 Å². The third-order valence-corrected chi connectivity index (χ3v) is 6.10. The number of nitrogens with zero attached hydrogens (tertiary/aromatic N) is 1. The molecular weight excluding hydrogens is 392 g/mol. The van der Waals surface area contributed by atoms with Gasteiger partial charge in [0.15, 0.2) is 0 Å². The van der Waals surface area contributed by atoms with E-state index in [1.54, 1.807) is 30.3 Å². The second-order valence-electron chi connectivity index (χ2n) is 7.00. The summed E-state index contributed by atoms with van der Waals surface area (Å²) in [7, 11) is -3.68. The van der Waals surface area contributed by atoms with Crippen molar-refractivity contribution in [2.24, 2.45) is 5.10 Å². The lowest BCUT2D eigenvalue weighted by Crippen LogP contribution is -2.21. The van der Waals surface area contributed by atoms with Gasteiger partial charge in [-0.15, -0.1) is 0 Å². The Morgan fingerprint density at radius 2 is 1.43 bits per heavy atom. The minimum absolute atomic E-state index is 0.197. The molecule has 4 nitrogen and oxygen atoms in total. The third kappa shape index (κ3) is 4.75. The zero-order valence-electron chi connectivity index (χ0n) is 16.4. The topological polar surface area (TPSA) is 58.5 Å². The fraction of sp³-hybridized carbons (Fsp3) is 0.0800. The van der Waals surface area contributed by atoms with Gasteiger partial charge < -0.3 is 0 Å². The van der Waals surface area contributed by atoms with Crippen LogP contribution in [0.5, 0.6) is 0 Å². The van der Waals surface area contributed by atoms with Crippen molar-refractivity contribution in [3.8, 4) is 11.1 Å². The van der Waals surface area contributed by atoms with Crippen molar-refractivity contribution < 1.29 is 8.42 Å². The van der Waals surface area contributed by atoms with E-state index in [1.807, 2.05) is 30.4 Å². The SMILES string of the molecule is O=S(=O)(N/N=C1\CCC=C\C1=C/c1ccc(-c2ccccc2)cc1)c1ccccc1. The van der Waals surface area contributed by atoms with Crippen LogP contribution in [-0.4, -0.2) is 14.1 Å². The van der Waals surface area contributed by atoms with E-state index in [0.717, 1.165) is 28.8 Å². The Morgan fingerprint density at radius 1 is 0.800 bits per heavy atom. The van der Waals surface area contributed by atoms with Crippen molar-refractivity contribution in [3.05, 3.63) is 108 Å². The first-order valence-electron chi connectivity index (χ1n) is 9.79. The fourth-order valence-electron chi connectivity index (χ4n) is 3.27. The van der Waals surface area contributed by atoms with E-state index in [4.69, 9.17) is 0 Å². The number of hydrogen-bond acceptors (Lipinski definition) is 3. The van der Waals surface area contributed by atoms with Crippen LogP contribution in [0.1, 0.15) is 18.4 Å². The molecule has 0 bridgehead atoms. The summed E-state index contributed by atoms with van der Waals surface area (Å²) in [6, 6.07) is 26.8. The Hall–Kier alpha value is -3.44. The molecule has 0 amide bonds. The van der Waals surface area contributed by atoms with Gasteiger partial charge >= 0.3 is 0 Å². The minimum atomic E-state index is -3.68. The molecule has 1 N–H and O–H groups in total. The standard InChI is InChI=1S/C25H22N2O2S/c28-30(29,24-12-5-2-6-13-24)27-26-25-14-8-7-11-23(25)19-20-15-17-22(18-16-20)21-9-3-1-4-10-21/h1-7,9-13,15-19,27H,8,14H2/b23-19+,26-25+. The molecule has 0 unspecified atom stereocenters. The van der Waals surface area contributed by atoms with Crippen molar-refractivity contribution in [3.63, 3.8) is 0 Å². The molecule has 150 valence electrons. The molecule has 4 rings (SSSR count). The predicted molar refractivity (Wildman–Crippen MR) is 122 cm³/mol. The summed E-state index contributed by atoms with van der Waals surface area (Å²) in [5.74, 6) is 0. The Labute approximate surface area is 177 Å². The van der Waals surface area contributed by atoms with Gasteiger partial charge in [-0.2, -0.15) is 18.4 Å². The van der Waals surface area contributed by atoms with Gasteiger partial charge in [-0.25, -0.2) is 0 Å². The van der Waals surface area contributed by atoms with Crippen LogP contribution in [0.25, 0.3) is 17.2 Å². The second-order valence-corrected chi connectivity index (χ2v) is 8.66. The van der Waals surface area contributed by atoms with Gasteiger partial charge in [0.1, 0.15) is 0 Å². The van der Waals surface area contributed by atoms with E-state index < -0.39 is 10.0 Å². The molecule has 0 radical (unpaired) electrons. The highest BCUT2D eigenvalue weighted by molar-refractivity contribution is 7.89. The number of hydrogen-bond donors (Lipinski definition) is 1. The molecule has 0 saturated heterocycles. The smallest absolute Gasteiger partial charge is 0.200 e. The zero-order chi connectivity index (χ0) is 20.8. The number of sulfonamides is 1. The summed E-state index contributed by atoms with van der Waals surface area (Å²) in [5, 5.41) is 4.23. The lowest BCUT2D eigenvalue weighted by atomic mass is 9.96. The quantitative estimate of drug-likeness (QED) is 0.567. The highest BCUT2D eigenvalue weighted by Gasteiger charge is 2.14. The van der Waals surface area contributed by atoms with Crippen LogP contribution in [0, 0.1) is 0 Å². The highest BCUT2D eigenvalue weighted by atomic mass is 32.2. The second kappa shape index (κ2) is 8.93. The molecule has 3 aromatic carbocycles. The maximum Gasteiger partial charge on any atom is 0.276 e. The van der Waals surface area contributed by atoms with Crippen molar-refractivity contribution >= 4 is 21.8 Å². The van der Waals surface area contributed by atoms with E-state index >= 15 is 0 Å². The Morgan fingerprint density at radius 3 is 2.13 bits per heavy atom. The normalized spacial score (nSPS) is 16.7. The summed E-state index contributed by atoms with van der Waals surface area (Å²) >= 11 is 0. The van der Waals surface area contributed by atoms with Crippen LogP contribution in [-0.2, 0) is 10.0 Å². The summed E-state index contributed by atoms with van der Waals surface area (Å²) < 4.78 is 24.9. The largest absolute Gasteiger partial charge is 0.276 e. The summed E-state index contributed by atoms with van der Waals surface area (Å²) in [4.78, 5) is 2.57. The van der Waals surface area contributed by atoms with Crippen LogP contribution < -0.4 is 4.83 Å². The van der Waals surface area contributed by atoms with Crippen molar-refractivity contribution in [2.75, 3.05) is 0 Å². The first kappa shape index (κ1) is 19.9. The molecule has 30 heavy (non-hydrogen) atoms. The monoisotopic (exact) mass is 414 g/mol. The Bertz CT molecular complexity index is 1200. The molecule has 0 aromatic heterocycles. The first-order chi connectivity index (χ1) is 14.6. The van der Waals surface area contributed by atoms with E-state index in [-0.39, 0.29) is 4.90 Å². The Kier molecular flexibility index (Phi) is 5.91. The lowest BCUT2D eigenvalue weighted by Gasteiger charge is -2.13. The van der Waals surface area contributed by atoms with E-state index in [1.165, 1.54) is 5.56 Å². The third-order valence-electron chi connectivity index (χ3n) is 4.87. The fourth-order valence-corrected chi connectivity index (χ4v) is 4.12. The van der Waals surface area contributed by atoms with Crippen LogP contribution in [0.2, 0.25) is 0 Å². The zero-order valence-corrected chi connectivity index (χ0v) is 17.2. The van der Waals surface area contributed by atoms with Gasteiger partial charge in [-0.3, -0.25) is 0 Å². The number of hydrazone groups is 1. The molecule has 0 spiro atoms. The predicted octanol–water partition coefficient (Wildman–Crippen LogP) is 5.42. The summed E-state index contributed by atoms with van der Waals surface area (Å²) in [6.07, 6.45) is 7.61. The van der Waals surface area contributed by atoms with Crippen molar-refractivity contribution in [2.45, 2.75) is 17.7 Å². The molecule has 5 heteroatoms. The lowest BCUT2D eigenvalue weighted by molar-refractivity contribution is 0.584. The van der Waals surface area contributed by atoms with Crippen LogP contribution >= 0.6 is 0 Å². The van der Waals surface area contributed by atoms with Crippen LogP contribution in [0.4, 0.5) is 0 Å². The first-order valence-corrected chi connectivity index (χ1v) is 11.3. The molecular formula is C25H22N2O2S. The molecule has 1 aliphatic rings. The number of nitrogens with one attached hydrogen (secondary N) is 1. The molecule has 3 aromatic rings. The van der Waals surface area contributed by atoms with Gasteiger partial charge in [-0.05, 0) is 53.3 Å². The maximum absolute atomic E-state index is 12.5. The van der Waals surface area contributed by atoms with Crippen LogP contribution in [0.15, 0.2) is 113 Å². The number of allylic oxidation sites excluding steroid dienone is 3. The molecule has 0 saturated carbocycles. The highest BCUT2D eigenvalue weighted by Crippen LogP contribution is 2.22. The minimum Gasteiger partial charge on any atom is -0.200 e.